The van der Waals surface area contributed by atoms with Gasteiger partial charge in [0.05, 0.1) is 12.3 Å². The van der Waals surface area contributed by atoms with Gasteiger partial charge in [0.25, 0.3) is 0 Å². The molecule has 1 aromatic rings. The topological polar surface area (TPSA) is 49.4 Å². The highest BCUT2D eigenvalue weighted by Gasteiger charge is 2.32. The number of hydrogen-bond donors (Lipinski definition) is 1. The molecule has 2 unspecified atom stereocenters. The minimum atomic E-state index is -3.16. The van der Waals surface area contributed by atoms with Gasteiger partial charge in [-0.2, -0.15) is 4.31 Å². The van der Waals surface area contributed by atoms with Crippen LogP contribution in [0.15, 0.2) is 30.3 Å². The Hall–Kier alpha value is -0.910. The zero-order valence-corrected chi connectivity index (χ0v) is 10.9. The summed E-state index contributed by atoms with van der Waals surface area (Å²) >= 11 is 0. The molecule has 0 aliphatic carbocycles. The lowest BCUT2D eigenvalue weighted by atomic mass is 10.0. The van der Waals surface area contributed by atoms with E-state index in [1.165, 1.54) is 6.26 Å². The number of sulfonamides is 1. The van der Waals surface area contributed by atoms with E-state index in [0.717, 1.165) is 5.56 Å². The van der Waals surface area contributed by atoms with Crippen molar-refractivity contribution in [3.63, 3.8) is 0 Å². The average molecular weight is 254 g/mol. The molecule has 1 aliphatic rings. The van der Waals surface area contributed by atoms with Crippen molar-refractivity contribution >= 4 is 10.0 Å². The smallest absolute Gasteiger partial charge is 0.211 e. The van der Waals surface area contributed by atoms with Crippen molar-refractivity contribution in [2.45, 2.75) is 19.0 Å². The van der Waals surface area contributed by atoms with E-state index in [-0.39, 0.29) is 12.1 Å². The summed E-state index contributed by atoms with van der Waals surface area (Å²) in [5.74, 6) is 0. The monoisotopic (exact) mass is 254 g/mol. The van der Waals surface area contributed by atoms with E-state index in [0.29, 0.717) is 13.1 Å². The summed E-state index contributed by atoms with van der Waals surface area (Å²) in [5, 5.41) is 3.33. The molecule has 0 bridgehead atoms. The highest BCUT2D eigenvalue weighted by atomic mass is 32.2. The molecule has 2 rings (SSSR count). The molecular weight excluding hydrogens is 236 g/mol. The average Bonchev–Trinajstić information content (AvgIpc) is 2.29. The van der Waals surface area contributed by atoms with Crippen LogP contribution in [0.5, 0.6) is 0 Å². The first-order chi connectivity index (χ1) is 7.98. The zero-order chi connectivity index (χ0) is 12.5. The number of nitrogens with one attached hydrogen (secondary N) is 1. The molecule has 1 N–H and O–H groups in total. The van der Waals surface area contributed by atoms with Crippen LogP contribution in [0.4, 0.5) is 0 Å². The molecule has 4 nitrogen and oxygen atoms in total. The Morgan fingerprint density at radius 2 is 1.94 bits per heavy atom. The molecule has 0 aromatic heterocycles. The predicted octanol–water partition coefficient (Wildman–Crippen LogP) is 0.981. The highest BCUT2D eigenvalue weighted by Crippen LogP contribution is 2.25. The Bertz CT molecular complexity index is 473. The molecule has 0 spiro atoms. The van der Waals surface area contributed by atoms with Crippen LogP contribution in [0.1, 0.15) is 18.5 Å². The molecule has 5 heteroatoms. The first kappa shape index (κ1) is 12.5. The van der Waals surface area contributed by atoms with Gasteiger partial charge >= 0.3 is 0 Å². The third kappa shape index (κ3) is 2.86. The summed E-state index contributed by atoms with van der Waals surface area (Å²) < 4.78 is 25.2. The minimum Gasteiger partial charge on any atom is -0.311 e. The first-order valence-electron chi connectivity index (χ1n) is 5.73. The molecule has 1 saturated heterocycles. The zero-order valence-electron chi connectivity index (χ0n) is 10.1. The van der Waals surface area contributed by atoms with E-state index in [9.17, 15) is 8.42 Å². The predicted molar refractivity (Wildman–Crippen MR) is 68.2 cm³/mol. The van der Waals surface area contributed by atoms with Crippen LogP contribution in [0.25, 0.3) is 0 Å². The Balaban J connectivity index is 2.32. The van der Waals surface area contributed by atoms with Crippen LogP contribution >= 0.6 is 0 Å². The van der Waals surface area contributed by atoms with Crippen molar-refractivity contribution in [2.24, 2.45) is 0 Å². The first-order valence-corrected chi connectivity index (χ1v) is 7.58. The molecule has 0 radical (unpaired) electrons. The summed E-state index contributed by atoms with van der Waals surface area (Å²) in [6, 6.07) is 9.86. The van der Waals surface area contributed by atoms with Crippen LogP contribution in [-0.4, -0.2) is 38.1 Å². The van der Waals surface area contributed by atoms with Crippen molar-refractivity contribution in [1.29, 1.82) is 0 Å². The van der Waals surface area contributed by atoms with Gasteiger partial charge in [-0.25, -0.2) is 8.42 Å². The highest BCUT2D eigenvalue weighted by molar-refractivity contribution is 7.88. The standard InChI is InChI=1S/C12H18N2O2S/c1-10-9-14(17(2,15)16)12(8-13-10)11-6-4-3-5-7-11/h3-7,10,12-13H,8-9H2,1-2H3. The number of benzene rings is 1. The van der Waals surface area contributed by atoms with Crippen LogP contribution in [-0.2, 0) is 10.0 Å². The summed E-state index contributed by atoms with van der Waals surface area (Å²) in [7, 11) is -3.16. The number of nitrogens with zero attached hydrogens (tertiary/aromatic N) is 1. The second-order valence-corrected chi connectivity index (χ2v) is 6.50. The molecule has 1 aliphatic heterocycles. The molecule has 1 fully saturated rings. The van der Waals surface area contributed by atoms with Gasteiger partial charge in [-0.1, -0.05) is 30.3 Å². The van der Waals surface area contributed by atoms with E-state index in [4.69, 9.17) is 0 Å². The maximum atomic E-state index is 11.8. The molecule has 1 heterocycles. The van der Waals surface area contributed by atoms with Crippen LogP contribution in [0, 0.1) is 0 Å². The second-order valence-electron chi connectivity index (χ2n) is 4.57. The molecule has 0 amide bonds. The fourth-order valence-electron chi connectivity index (χ4n) is 2.20. The largest absolute Gasteiger partial charge is 0.311 e. The molecule has 0 saturated carbocycles. The Labute approximate surface area is 103 Å². The maximum absolute atomic E-state index is 11.8. The third-order valence-electron chi connectivity index (χ3n) is 3.07. The lowest BCUT2D eigenvalue weighted by Crippen LogP contribution is -2.52. The van der Waals surface area contributed by atoms with Crippen LogP contribution in [0.3, 0.4) is 0 Å². The second kappa shape index (κ2) is 4.76. The normalized spacial score (nSPS) is 26.9. The molecule has 1 aromatic carbocycles. The lowest BCUT2D eigenvalue weighted by molar-refractivity contribution is 0.235. The lowest BCUT2D eigenvalue weighted by Gasteiger charge is -2.37. The van der Waals surface area contributed by atoms with E-state index in [1.807, 2.05) is 37.3 Å². The van der Waals surface area contributed by atoms with Crippen LogP contribution in [0.2, 0.25) is 0 Å². The third-order valence-corrected chi connectivity index (χ3v) is 4.33. The van der Waals surface area contributed by atoms with Gasteiger partial charge in [0.2, 0.25) is 10.0 Å². The van der Waals surface area contributed by atoms with Crippen molar-refractivity contribution in [3.05, 3.63) is 35.9 Å². The van der Waals surface area contributed by atoms with Crippen LogP contribution < -0.4 is 5.32 Å². The van der Waals surface area contributed by atoms with Gasteiger partial charge in [0.15, 0.2) is 0 Å². The van der Waals surface area contributed by atoms with Gasteiger partial charge in [-0.15, -0.1) is 0 Å². The quantitative estimate of drug-likeness (QED) is 0.856. The Kier molecular flexibility index (Phi) is 3.51. The molecule has 17 heavy (non-hydrogen) atoms. The fraction of sp³-hybridized carbons (Fsp3) is 0.500. The van der Waals surface area contributed by atoms with Crippen molar-refractivity contribution in [2.75, 3.05) is 19.3 Å². The van der Waals surface area contributed by atoms with E-state index >= 15 is 0 Å². The number of hydrogen-bond acceptors (Lipinski definition) is 3. The maximum Gasteiger partial charge on any atom is 0.211 e. The number of piperazine rings is 1. The molecule has 94 valence electrons. The van der Waals surface area contributed by atoms with Gasteiger partial charge in [-0.3, -0.25) is 0 Å². The van der Waals surface area contributed by atoms with Gasteiger partial charge < -0.3 is 5.32 Å². The van der Waals surface area contributed by atoms with E-state index < -0.39 is 10.0 Å². The van der Waals surface area contributed by atoms with Crippen molar-refractivity contribution < 1.29 is 8.42 Å². The van der Waals surface area contributed by atoms with E-state index in [1.54, 1.807) is 4.31 Å². The van der Waals surface area contributed by atoms with Crippen molar-refractivity contribution in [1.82, 2.24) is 9.62 Å². The summed E-state index contributed by atoms with van der Waals surface area (Å²) in [5.41, 5.74) is 1.04. The fourth-order valence-corrected chi connectivity index (χ4v) is 3.36. The summed E-state index contributed by atoms with van der Waals surface area (Å²) in [4.78, 5) is 0. The van der Waals surface area contributed by atoms with E-state index in [2.05, 4.69) is 5.32 Å². The van der Waals surface area contributed by atoms with Gasteiger partial charge in [-0.05, 0) is 12.5 Å². The summed E-state index contributed by atoms with van der Waals surface area (Å²) in [6.07, 6.45) is 1.28. The van der Waals surface area contributed by atoms with Gasteiger partial charge in [0, 0.05) is 19.1 Å². The molecule has 2 atom stereocenters. The van der Waals surface area contributed by atoms with Crippen molar-refractivity contribution in [3.8, 4) is 0 Å². The molecular formula is C12H18N2O2S. The Morgan fingerprint density at radius 1 is 1.29 bits per heavy atom. The minimum absolute atomic E-state index is 0.0950. The summed E-state index contributed by atoms with van der Waals surface area (Å²) in [6.45, 7) is 3.19. The SMILES string of the molecule is CC1CN(S(C)(=O)=O)C(c2ccccc2)CN1. The van der Waals surface area contributed by atoms with Gasteiger partial charge in [0.1, 0.15) is 0 Å². The number of rotatable bonds is 2. The Morgan fingerprint density at radius 3 is 2.53 bits per heavy atom.